The number of carbonyl (C=O) groups excluding carboxylic acids is 1. The molecule has 0 aliphatic carbocycles. The number of likely N-dealkylation sites (tertiary alicyclic amines) is 1. The lowest BCUT2D eigenvalue weighted by Gasteiger charge is -2.13. The van der Waals surface area contributed by atoms with Crippen molar-refractivity contribution in [3.05, 3.63) is 16.1 Å². The minimum atomic E-state index is -0.296. The summed E-state index contributed by atoms with van der Waals surface area (Å²) in [6.45, 7) is 3.49. The van der Waals surface area contributed by atoms with E-state index in [0.717, 1.165) is 24.4 Å². The lowest BCUT2D eigenvalue weighted by Crippen LogP contribution is -2.33. The largest absolute Gasteiger partial charge is 0.335 e. The van der Waals surface area contributed by atoms with Crippen LogP contribution in [0.15, 0.2) is 6.20 Å². The molecule has 15 heavy (non-hydrogen) atoms. The maximum absolute atomic E-state index is 11.6. The highest BCUT2D eigenvalue weighted by molar-refractivity contribution is 7.11. The van der Waals surface area contributed by atoms with E-state index in [9.17, 15) is 4.79 Å². The monoisotopic (exact) mass is 225 g/mol. The van der Waals surface area contributed by atoms with Crippen molar-refractivity contribution in [1.29, 1.82) is 0 Å². The summed E-state index contributed by atoms with van der Waals surface area (Å²) in [4.78, 5) is 18.9. The first-order valence-electron chi connectivity index (χ1n) is 5.18. The molecule has 0 aromatic carbocycles. The van der Waals surface area contributed by atoms with E-state index in [1.807, 2.05) is 6.20 Å². The molecule has 0 saturated carbocycles. The number of thiazole rings is 1. The number of aromatic nitrogens is 1. The van der Waals surface area contributed by atoms with Crippen molar-refractivity contribution in [2.24, 2.45) is 5.73 Å². The van der Waals surface area contributed by atoms with Crippen molar-refractivity contribution in [1.82, 2.24) is 9.88 Å². The van der Waals surface area contributed by atoms with Gasteiger partial charge in [0.2, 0.25) is 5.91 Å². The first-order valence-corrected chi connectivity index (χ1v) is 6.00. The van der Waals surface area contributed by atoms with Gasteiger partial charge in [-0.1, -0.05) is 6.92 Å². The Bertz CT molecular complexity index is 363. The molecule has 1 aromatic rings. The highest BCUT2D eigenvalue weighted by atomic mass is 32.1. The van der Waals surface area contributed by atoms with Crippen LogP contribution in [0.25, 0.3) is 0 Å². The average molecular weight is 225 g/mol. The average Bonchev–Trinajstić information content (AvgIpc) is 2.80. The molecule has 1 amide bonds. The van der Waals surface area contributed by atoms with E-state index in [1.54, 1.807) is 16.2 Å². The summed E-state index contributed by atoms with van der Waals surface area (Å²) >= 11 is 1.68. The second kappa shape index (κ2) is 4.28. The van der Waals surface area contributed by atoms with Gasteiger partial charge in [0.05, 0.1) is 12.6 Å². The molecule has 1 fully saturated rings. The van der Waals surface area contributed by atoms with Gasteiger partial charge in [0, 0.05) is 17.6 Å². The molecule has 1 saturated heterocycles. The molecule has 0 spiro atoms. The SMILES string of the molecule is CCc1cnc(CN2CCC(N)C2=O)s1. The van der Waals surface area contributed by atoms with Crippen LogP contribution in [0.2, 0.25) is 0 Å². The lowest BCUT2D eigenvalue weighted by atomic mass is 10.3. The zero-order valence-electron chi connectivity index (χ0n) is 8.77. The zero-order valence-corrected chi connectivity index (χ0v) is 9.59. The van der Waals surface area contributed by atoms with Crippen LogP contribution in [0, 0.1) is 0 Å². The molecule has 1 atom stereocenters. The second-order valence-electron chi connectivity index (χ2n) is 3.73. The van der Waals surface area contributed by atoms with Gasteiger partial charge in [0.25, 0.3) is 0 Å². The van der Waals surface area contributed by atoms with Crippen LogP contribution in [-0.2, 0) is 17.8 Å². The Hall–Kier alpha value is -0.940. The van der Waals surface area contributed by atoms with Gasteiger partial charge in [0.1, 0.15) is 5.01 Å². The van der Waals surface area contributed by atoms with E-state index in [1.165, 1.54) is 4.88 Å². The van der Waals surface area contributed by atoms with Crippen LogP contribution in [0.5, 0.6) is 0 Å². The number of amides is 1. The highest BCUT2D eigenvalue weighted by Gasteiger charge is 2.28. The van der Waals surface area contributed by atoms with E-state index in [0.29, 0.717) is 6.54 Å². The summed E-state index contributed by atoms with van der Waals surface area (Å²) in [7, 11) is 0. The van der Waals surface area contributed by atoms with Crippen molar-refractivity contribution >= 4 is 17.2 Å². The number of aryl methyl sites for hydroxylation is 1. The number of nitrogens with zero attached hydrogens (tertiary/aromatic N) is 2. The van der Waals surface area contributed by atoms with Crippen LogP contribution in [0.1, 0.15) is 23.2 Å². The quantitative estimate of drug-likeness (QED) is 0.826. The molecule has 1 aliphatic heterocycles. The van der Waals surface area contributed by atoms with Gasteiger partial charge < -0.3 is 10.6 Å². The molecule has 2 rings (SSSR count). The third kappa shape index (κ3) is 2.18. The summed E-state index contributed by atoms with van der Waals surface area (Å²) in [5, 5.41) is 1.01. The number of nitrogens with two attached hydrogens (primary N) is 1. The summed E-state index contributed by atoms with van der Waals surface area (Å²) in [6, 6.07) is -0.296. The number of carbonyl (C=O) groups is 1. The molecule has 0 radical (unpaired) electrons. The first-order chi connectivity index (χ1) is 7.20. The Morgan fingerprint density at radius 1 is 1.73 bits per heavy atom. The van der Waals surface area contributed by atoms with Crippen LogP contribution >= 0.6 is 11.3 Å². The normalized spacial score (nSPS) is 21.3. The fourth-order valence-corrected chi connectivity index (χ4v) is 2.55. The van der Waals surface area contributed by atoms with Crippen molar-refractivity contribution in [3.63, 3.8) is 0 Å². The predicted octanol–water partition coefficient (Wildman–Crippen LogP) is 0.765. The molecule has 4 nitrogen and oxygen atoms in total. The van der Waals surface area contributed by atoms with Gasteiger partial charge in [-0.05, 0) is 12.8 Å². The summed E-state index contributed by atoms with van der Waals surface area (Å²) in [5.74, 6) is 0.0586. The van der Waals surface area contributed by atoms with E-state index >= 15 is 0 Å². The van der Waals surface area contributed by atoms with E-state index in [4.69, 9.17) is 5.73 Å². The van der Waals surface area contributed by atoms with E-state index in [-0.39, 0.29) is 11.9 Å². The Morgan fingerprint density at radius 3 is 3.07 bits per heavy atom. The third-order valence-corrected chi connectivity index (χ3v) is 3.74. The maximum atomic E-state index is 11.6. The molecular formula is C10H15N3OS. The lowest BCUT2D eigenvalue weighted by molar-refractivity contribution is -0.129. The van der Waals surface area contributed by atoms with E-state index in [2.05, 4.69) is 11.9 Å². The molecule has 5 heteroatoms. The van der Waals surface area contributed by atoms with Gasteiger partial charge in [-0.15, -0.1) is 11.3 Å². The summed E-state index contributed by atoms with van der Waals surface area (Å²) in [5.41, 5.74) is 5.65. The van der Waals surface area contributed by atoms with Crippen molar-refractivity contribution < 1.29 is 4.79 Å². The number of hydrogen-bond donors (Lipinski definition) is 1. The minimum absolute atomic E-state index is 0.0586. The van der Waals surface area contributed by atoms with Gasteiger partial charge in [-0.25, -0.2) is 4.98 Å². The van der Waals surface area contributed by atoms with Crippen LogP contribution in [0.4, 0.5) is 0 Å². The molecule has 1 aliphatic rings. The number of hydrogen-bond acceptors (Lipinski definition) is 4. The predicted molar refractivity (Wildman–Crippen MR) is 59.5 cm³/mol. The third-order valence-electron chi connectivity index (χ3n) is 2.61. The topological polar surface area (TPSA) is 59.2 Å². The fourth-order valence-electron chi connectivity index (χ4n) is 1.67. The Morgan fingerprint density at radius 2 is 2.53 bits per heavy atom. The number of rotatable bonds is 3. The van der Waals surface area contributed by atoms with Crippen molar-refractivity contribution in [2.45, 2.75) is 32.4 Å². The van der Waals surface area contributed by atoms with E-state index < -0.39 is 0 Å². The second-order valence-corrected chi connectivity index (χ2v) is 4.93. The highest BCUT2D eigenvalue weighted by Crippen LogP contribution is 2.18. The smallest absolute Gasteiger partial charge is 0.239 e. The Balaban J connectivity index is 2.00. The van der Waals surface area contributed by atoms with Crippen molar-refractivity contribution in [2.75, 3.05) is 6.54 Å². The zero-order chi connectivity index (χ0) is 10.8. The van der Waals surface area contributed by atoms with Crippen LogP contribution < -0.4 is 5.73 Å². The van der Waals surface area contributed by atoms with Gasteiger partial charge in [0.15, 0.2) is 0 Å². The maximum Gasteiger partial charge on any atom is 0.239 e. The Kier molecular flexibility index (Phi) is 3.02. The molecule has 1 unspecified atom stereocenters. The first kappa shape index (κ1) is 10.6. The molecular weight excluding hydrogens is 210 g/mol. The van der Waals surface area contributed by atoms with Crippen molar-refractivity contribution in [3.8, 4) is 0 Å². The molecule has 1 aromatic heterocycles. The van der Waals surface area contributed by atoms with Gasteiger partial charge >= 0.3 is 0 Å². The standard InChI is InChI=1S/C10H15N3OS/c1-2-7-5-12-9(15-7)6-13-4-3-8(11)10(13)14/h5,8H,2-4,6,11H2,1H3. The molecule has 82 valence electrons. The minimum Gasteiger partial charge on any atom is -0.335 e. The molecule has 2 N–H and O–H groups in total. The fraction of sp³-hybridized carbons (Fsp3) is 0.600. The summed E-state index contributed by atoms with van der Waals surface area (Å²) < 4.78 is 0. The van der Waals surface area contributed by atoms with Gasteiger partial charge in [-0.3, -0.25) is 4.79 Å². The molecule has 2 heterocycles. The summed E-state index contributed by atoms with van der Waals surface area (Å²) in [6.07, 6.45) is 3.66. The van der Waals surface area contributed by atoms with Crippen LogP contribution in [-0.4, -0.2) is 28.4 Å². The van der Waals surface area contributed by atoms with Crippen LogP contribution in [0.3, 0.4) is 0 Å². The Labute approximate surface area is 93.1 Å². The molecule has 0 bridgehead atoms. The van der Waals surface area contributed by atoms with Gasteiger partial charge in [-0.2, -0.15) is 0 Å².